The monoisotopic (exact) mass is 161 g/mol. The third kappa shape index (κ3) is 4.75. The number of hydrogen-bond acceptors (Lipinski definition) is 3. The van der Waals surface area contributed by atoms with Crippen LogP contribution in [-0.4, -0.2) is 34.4 Å². The average Bonchev–Trinajstić information content (AvgIpc) is 1.80. The number of aliphatic hydroxyl groups is 2. The second-order valence-corrected chi connectivity index (χ2v) is 3.11. The Labute approximate surface area is 66.2 Å². The Morgan fingerprint density at radius 3 is 2.36 bits per heavy atom. The van der Waals surface area contributed by atoms with Crippen molar-refractivity contribution in [1.29, 1.82) is 0 Å². The Morgan fingerprint density at radius 2 is 2.09 bits per heavy atom. The minimum atomic E-state index is -1.16. The SMILES string of the molecule is CC(=O)NC[C@H](O)C(C)(C)O. The molecule has 0 aromatic rings. The third-order valence-corrected chi connectivity index (χ3v) is 1.36. The molecule has 4 nitrogen and oxygen atoms in total. The molecule has 4 heteroatoms. The maximum Gasteiger partial charge on any atom is 0.216 e. The molecule has 11 heavy (non-hydrogen) atoms. The zero-order valence-electron chi connectivity index (χ0n) is 7.09. The molecule has 0 bridgehead atoms. The summed E-state index contributed by atoms with van der Waals surface area (Å²) in [6.07, 6.45) is -0.925. The predicted molar refractivity (Wildman–Crippen MR) is 41.0 cm³/mol. The van der Waals surface area contributed by atoms with E-state index >= 15 is 0 Å². The molecule has 0 saturated carbocycles. The second kappa shape index (κ2) is 3.69. The van der Waals surface area contributed by atoms with Crippen molar-refractivity contribution < 1.29 is 15.0 Å². The van der Waals surface area contributed by atoms with Gasteiger partial charge in [0.25, 0.3) is 0 Å². The van der Waals surface area contributed by atoms with Crippen LogP contribution in [0.2, 0.25) is 0 Å². The highest BCUT2D eigenvalue weighted by atomic mass is 16.3. The lowest BCUT2D eigenvalue weighted by atomic mass is 10.0. The molecule has 0 aliphatic heterocycles. The summed E-state index contributed by atoms with van der Waals surface area (Å²) in [5.74, 6) is -0.215. The summed E-state index contributed by atoms with van der Waals surface area (Å²) in [5, 5.41) is 20.8. The molecular weight excluding hydrogens is 146 g/mol. The van der Waals surface area contributed by atoms with Gasteiger partial charge in [-0.25, -0.2) is 0 Å². The lowest BCUT2D eigenvalue weighted by Gasteiger charge is -2.24. The van der Waals surface area contributed by atoms with Gasteiger partial charge in [0.2, 0.25) is 5.91 Å². The van der Waals surface area contributed by atoms with E-state index in [0.717, 1.165) is 0 Å². The molecule has 1 atom stereocenters. The van der Waals surface area contributed by atoms with E-state index in [-0.39, 0.29) is 12.5 Å². The fraction of sp³-hybridized carbons (Fsp3) is 0.857. The Balaban J connectivity index is 3.70. The van der Waals surface area contributed by atoms with Gasteiger partial charge in [-0.3, -0.25) is 4.79 Å². The second-order valence-electron chi connectivity index (χ2n) is 3.11. The summed E-state index contributed by atoms with van der Waals surface area (Å²) in [4.78, 5) is 10.4. The molecule has 0 fully saturated rings. The van der Waals surface area contributed by atoms with Gasteiger partial charge in [-0.05, 0) is 13.8 Å². The molecule has 0 spiro atoms. The maximum atomic E-state index is 10.4. The van der Waals surface area contributed by atoms with E-state index < -0.39 is 11.7 Å². The molecule has 0 aliphatic rings. The molecule has 0 aromatic heterocycles. The van der Waals surface area contributed by atoms with Gasteiger partial charge < -0.3 is 15.5 Å². The van der Waals surface area contributed by atoms with E-state index in [1.165, 1.54) is 20.8 Å². The van der Waals surface area contributed by atoms with Crippen LogP contribution in [0.25, 0.3) is 0 Å². The highest BCUT2D eigenvalue weighted by Crippen LogP contribution is 2.06. The van der Waals surface area contributed by atoms with Gasteiger partial charge in [0, 0.05) is 13.5 Å². The van der Waals surface area contributed by atoms with Crippen LogP contribution >= 0.6 is 0 Å². The maximum absolute atomic E-state index is 10.4. The van der Waals surface area contributed by atoms with Gasteiger partial charge >= 0.3 is 0 Å². The van der Waals surface area contributed by atoms with Crippen LogP contribution in [0.4, 0.5) is 0 Å². The molecule has 0 heterocycles. The van der Waals surface area contributed by atoms with Gasteiger partial charge in [-0.2, -0.15) is 0 Å². The van der Waals surface area contributed by atoms with Crippen LogP contribution in [0, 0.1) is 0 Å². The minimum Gasteiger partial charge on any atom is -0.388 e. The molecule has 0 unspecified atom stereocenters. The van der Waals surface area contributed by atoms with Crippen LogP contribution in [0.5, 0.6) is 0 Å². The van der Waals surface area contributed by atoms with Gasteiger partial charge in [-0.15, -0.1) is 0 Å². The predicted octanol–water partition coefficient (Wildman–Crippen LogP) is -0.746. The Hall–Kier alpha value is -0.610. The molecule has 0 aliphatic carbocycles. The van der Waals surface area contributed by atoms with Crippen molar-refractivity contribution in [2.75, 3.05) is 6.54 Å². The first-order valence-electron chi connectivity index (χ1n) is 3.49. The summed E-state index contributed by atoms with van der Waals surface area (Å²) in [7, 11) is 0. The van der Waals surface area contributed by atoms with E-state index in [1.54, 1.807) is 0 Å². The fourth-order valence-corrected chi connectivity index (χ4v) is 0.490. The van der Waals surface area contributed by atoms with Gasteiger partial charge in [0.15, 0.2) is 0 Å². The molecular formula is C7H15NO3. The van der Waals surface area contributed by atoms with Gasteiger partial charge in [0.05, 0.1) is 11.7 Å². The first-order valence-corrected chi connectivity index (χ1v) is 3.49. The first-order chi connectivity index (χ1) is 4.84. The number of nitrogens with one attached hydrogen (secondary N) is 1. The average molecular weight is 161 g/mol. The summed E-state index contributed by atoms with van der Waals surface area (Å²) in [6, 6.07) is 0. The number of carbonyl (C=O) groups excluding carboxylic acids is 1. The molecule has 0 radical (unpaired) electrons. The largest absolute Gasteiger partial charge is 0.388 e. The summed E-state index contributed by atoms with van der Waals surface area (Å²) in [5.41, 5.74) is -1.16. The number of hydrogen-bond donors (Lipinski definition) is 3. The quantitative estimate of drug-likeness (QED) is 0.510. The lowest BCUT2D eigenvalue weighted by Crippen LogP contribution is -2.44. The Morgan fingerprint density at radius 1 is 1.64 bits per heavy atom. The number of rotatable bonds is 3. The van der Waals surface area contributed by atoms with E-state index in [0.29, 0.717) is 0 Å². The number of aliphatic hydroxyl groups excluding tert-OH is 1. The summed E-state index contributed by atoms with van der Waals surface area (Å²) >= 11 is 0. The van der Waals surface area contributed by atoms with Gasteiger partial charge in [-0.1, -0.05) is 0 Å². The zero-order valence-corrected chi connectivity index (χ0v) is 7.09. The van der Waals surface area contributed by atoms with Crippen molar-refractivity contribution in [2.45, 2.75) is 32.5 Å². The summed E-state index contributed by atoms with van der Waals surface area (Å²) < 4.78 is 0. The minimum absolute atomic E-state index is 0.0822. The molecule has 0 saturated heterocycles. The van der Waals surface area contributed by atoms with Crippen LogP contribution < -0.4 is 5.32 Å². The highest BCUT2D eigenvalue weighted by Gasteiger charge is 2.23. The van der Waals surface area contributed by atoms with Crippen molar-refractivity contribution in [3.8, 4) is 0 Å². The van der Waals surface area contributed by atoms with Gasteiger partial charge in [0.1, 0.15) is 0 Å². The third-order valence-electron chi connectivity index (χ3n) is 1.36. The molecule has 0 aromatic carbocycles. The van der Waals surface area contributed by atoms with E-state index in [4.69, 9.17) is 5.11 Å². The molecule has 3 N–H and O–H groups in total. The van der Waals surface area contributed by atoms with Crippen LogP contribution in [0.3, 0.4) is 0 Å². The van der Waals surface area contributed by atoms with Crippen molar-refractivity contribution in [1.82, 2.24) is 5.32 Å². The smallest absolute Gasteiger partial charge is 0.216 e. The normalized spacial score (nSPS) is 14.3. The topological polar surface area (TPSA) is 69.6 Å². The summed E-state index contributed by atoms with van der Waals surface area (Å²) in [6.45, 7) is 4.41. The van der Waals surface area contributed by atoms with E-state index in [9.17, 15) is 9.90 Å². The Bertz CT molecular complexity index is 139. The van der Waals surface area contributed by atoms with E-state index in [1.807, 2.05) is 0 Å². The van der Waals surface area contributed by atoms with Crippen LogP contribution in [0.15, 0.2) is 0 Å². The van der Waals surface area contributed by atoms with Crippen LogP contribution in [-0.2, 0) is 4.79 Å². The number of carbonyl (C=O) groups is 1. The Kier molecular flexibility index (Phi) is 3.48. The lowest BCUT2D eigenvalue weighted by molar-refractivity contribution is -0.120. The highest BCUT2D eigenvalue weighted by molar-refractivity contribution is 5.72. The fourth-order valence-electron chi connectivity index (χ4n) is 0.490. The van der Waals surface area contributed by atoms with E-state index in [2.05, 4.69) is 5.32 Å². The van der Waals surface area contributed by atoms with Crippen LogP contribution in [0.1, 0.15) is 20.8 Å². The number of amides is 1. The molecule has 1 amide bonds. The first kappa shape index (κ1) is 10.4. The van der Waals surface area contributed by atoms with Crippen molar-refractivity contribution in [3.05, 3.63) is 0 Å². The van der Waals surface area contributed by atoms with Crippen molar-refractivity contribution in [2.24, 2.45) is 0 Å². The molecule has 0 rings (SSSR count). The molecule has 66 valence electrons. The zero-order chi connectivity index (χ0) is 9.07. The standard InChI is InChI=1S/C7H15NO3/c1-5(9)8-4-6(10)7(2,3)11/h6,10-11H,4H2,1-3H3,(H,8,9)/t6-/m0/s1. The van der Waals surface area contributed by atoms with Crippen molar-refractivity contribution in [3.63, 3.8) is 0 Å². The van der Waals surface area contributed by atoms with Crippen molar-refractivity contribution >= 4 is 5.91 Å².